The highest BCUT2D eigenvalue weighted by molar-refractivity contribution is 5.79. The minimum absolute atomic E-state index is 0.590. The number of ether oxygens (including phenoxy) is 2. The Labute approximate surface area is 125 Å². The zero-order valence-corrected chi connectivity index (χ0v) is 12.7. The largest absolute Gasteiger partial charge is 0.490 e. The molecule has 0 spiro atoms. The summed E-state index contributed by atoms with van der Waals surface area (Å²) in [5, 5.41) is 0. The van der Waals surface area contributed by atoms with Gasteiger partial charge in [-0.2, -0.15) is 0 Å². The summed E-state index contributed by atoms with van der Waals surface area (Å²) in [5.74, 6) is 1.50. The second kappa shape index (κ2) is 6.93. The first kappa shape index (κ1) is 15.1. The molecule has 3 heteroatoms. The normalized spacial score (nSPS) is 10.2. The highest BCUT2D eigenvalue weighted by Gasteiger charge is 2.09. The van der Waals surface area contributed by atoms with Gasteiger partial charge < -0.3 is 9.47 Å². The molecule has 0 unspecified atom stereocenters. The van der Waals surface area contributed by atoms with Gasteiger partial charge in [-0.3, -0.25) is 4.79 Å². The molecule has 110 valence electrons. The van der Waals surface area contributed by atoms with Gasteiger partial charge in [0.1, 0.15) is 6.29 Å². The van der Waals surface area contributed by atoms with Crippen LogP contribution in [0.15, 0.2) is 36.4 Å². The number of benzene rings is 2. The van der Waals surface area contributed by atoms with Crippen molar-refractivity contribution in [3.8, 4) is 22.6 Å². The maximum absolute atomic E-state index is 10.8. The Morgan fingerprint density at radius 3 is 2.29 bits per heavy atom. The fourth-order valence-corrected chi connectivity index (χ4v) is 2.30. The summed E-state index contributed by atoms with van der Waals surface area (Å²) < 4.78 is 11.2. The highest BCUT2D eigenvalue weighted by atomic mass is 16.5. The Balaban J connectivity index is 2.44. The van der Waals surface area contributed by atoms with E-state index < -0.39 is 0 Å². The average Bonchev–Trinajstić information content (AvgIpc) is 2.49. The van der Waals surface area contributed by atoms with E-state index in [-0.39, 0.29) is 0 Å². The van der Waals surface area contributed by atoms with Gasteiger partial charge in [0.05, 0.1) is 13.2 Å². The molecule has 0 aliphatic carbocycles. The van der Waals surface area contributed by atoms with E-state index in [4.69, 9.17) is 9.47 Å². The molecule has 0 fully saturated rings. The van der Waals surface area contributed by atoms with Crippen molar-refractivity contribution in [3.63, 3.8) is 0 Å². The summed E-state index contributed by atoms with van der Waals surface area (Å²) in [5.41, 5.74) is 3.89. The van der Waals surface area contributed by atoms with Crippen molar-refractivity contribution in [2.24, 2.45) is 0 Å². The predicted molar refractivity (Wildman–Crippen MR) is 84.3 cm³/mol. The SMILES string of the molecule is CCOc1ccc(-c2ccc(C=O)cc2C)cc1OCC. The third-order valence-corrected chi connectivity index (χ3v) is 3.24. The molecule has 2 aromatic rings. The van der Waals surface area contributed by atoms with E-state index >= 15 is 0 Å². The van der Waals surface area contributed by atoms with Crippen molar-refractivity contribution < 1.29 is 14.3 Å². The summed E-state index contributed by atoms with van der Waals surface area (Å²) in [7, 11) is 0. The van der Waals surface area contributed by atoms with E-state index in [1.54, 1.807) is 0 Å². The number of aldehydes is 1. The minimum Gasteiger partial charge on any atom is -0.490 e. The third kappa shape index (κ3) is 3.43. The molecule has 2 rings (SSSR count). The van der Waals surface area contributed by atoms with Crippen molar-refractivity contribution in [2.75, 3.05) is 13.2 Å². The zero-order valence-electron chi connectivity index (χ0n) is 12.7. The molecular weight excluding hydrogens is 264 g/mol. The van der Waals surface area contributed by atoms with E-state index in [1.807, 2.05) is 57.2 Å². The topological polar surface area (TPSA) is 35.5 Å². The molecule has 0 saturated heterocycles. The summed E-state index contributed by atoms with van der Waals surface area (Å²) in [6.45, 7) is 7.09. The first-order valence-electron chi connectivity index (χ1n) is 7.15. The van der Waals surface area contributed by atoms with E-state index in [0.29, 0.717) is 18.8 Å². The number of hydrogen-bond acceptors (Lipinski definition) is 3. The summed E-state index contributed by atoms with van der Waals surface area (Å²) in [6, 6.07) is 11.6. The maximum Gasteiger partial charge on any atom is 0.161 e. The number of aryl methyl sites for hydroxylation is 1. The Morgan fingerprint density at radius 1 is 0.952 bits per heavy atom. The number of hydrogen-bond donors (Lipinski definition) is 0. The van der Waals surface area contributed by atoms with Gasteiger partial charge in [-0.1, -0.05) is 18.2 Å². The molecule has 0 radical (unpaired) electrons. The Bertz CT molecular complexity index is 632. The number of carbonyl (C=O) groups excluding carboxylic acids is 1. The van der Waals surface area contributed by atoms with Crippen molar-refractivity contribution >= 4 is 6.29 Å². The first-order valence-corrected chi connectivity index (χ1v) is 7.15. The lowest BCUT2D eigenvalue weighted by Crippen LogP contribution is -1.98. The monoisotopic (exact) mass is 284 g/mol. The Morgan fingerprint density at radius 2 is 1.67 bits per heavy atom. The van der Waals surface area contributed by atoms with E-state index in [1.165, 1.54) is 0 Å². The van der Waals surface area contributed by atoms with Gasteiger partial charge >= 0.3 is 0 Å². The van der Waals surface area contributed by atoms with Crippen molar-refractivity contribution in [3.05, 3.63) is 47.5 Å². The van der Waals surface area contributed by atoms with Gasteiger partial charge in [0.2, 0.25) is 0 Å². The van der Waals surface area contributed by atoms with Crippen molar-refractivity contribution in [2.45, 2.75) is 20.8 Å². The molecule has 0 saturated carbocycles. The number of carbonyl (C=O) groups is 1. The van der Waals surface area contributed by atoms with Gasteiger partial charge in [0, 0.05) is 5.56 Å². The predicted octanol–water partition coefficient (Wildman–Crippen LogP) is 4.27. The minimum atomic E-state index is 0.590. The molecular formula is C18H20O3. The molecule has 21 heavy (non-hydrogen) atoms. The van der Waals surface area contributed by atoms with Crippen LogP contribution in [0.5, 0.6) is 11.5 Å². The van der Waals surface area contributed by atoms with Crippen LogP contribution in [0.3, 0.4) is 0 Å². The van der Waals surface area contributed by atoms with Crippen LogP contribution in [0, 0.1) is 6.92 Å². The van der Waals surface area contributed by atoms with Crippen LogP contribution < -0.4 is 9.47 Å². The Hall–Kier alpha value is -2.29. The third-order valence-electron chi connectivity index (χ3n) is 3.24. The van der Waals surface area contributed by atoms with Crippen LogP contribution in [-0.4, -0.2) is 19.5 Å². The second-order valence-corrected chi connectivity index (χ2v) is 4.72. The fraction of sp³-hybridized carbons (Fsp3) is 0.278. The highest BCUT2D eigenvalue weighted by Crippen LogP contribution is 2.34. The molecule has 0 heterocycles. The molecule has 3 nitrogen and oxygen atoms in total. The number of rotatable bonds is 6. The summed E-state index contributed by atoms with van der Waals surface area (Å²) >= 11 is 0. The molecule has 0 N–H and O–H groups in total. The smallest absolute Gasteiger partial charge is 0.161 e. The van der Waals surface area contributed by atoms with Gasteiger partial charge in [-0.15, -0.1) is 0 Å². The molecule has 0 amide bonds. The molecule has 0 aromatic heterocycles. The lowest BCUT2D eigenvalue weighted by molar-refractivity contribution is 0.112. The summed E-state index contributed by atoms with van der Waals surface area (Å²) in [6.07, 6.45) is 0.862. The van der Waals surface area contributed by atoms with Crippen LogP contribution in [0.1, 0.15) is 29.8 Å². The van der Waals surface area contributed by atoms with Crippen LogP contribution in [0.25, 0.3) is 11.1 Å². The van der Waals surface area contributed by atoms with Crippen LogP contribution in [0.4, 0.5) is 0 Å². The molecule has 2 aromatic carbocycles. The van der Waals surface area contributed by atoms with Crippen LogP contribution in [0.2, 0.25) is 0 Å². The van der Waals surface area contributed by atoms with E-state index in [9.17, 15) is 4.79 Å². The van der Waals surface area contributed by atoms with Crippen LogP contribution in [-0.2, 0) is 0 Å². The van der Waals surface area contributed by atoms with E-state index in [2.05, 4.69) is 0 Å². The zero-order chi connectivity index (χ0) is 15.2. The average molecular weight is 284 g/mol. The van der Waals surface area contributed by atoms with Gasteiger partial charge in [-0.05, 0) is 55.7 Å². The van der Waals surface area contributed by atoms with Crippen LogP contribution >= 0.6 is 0 Å². The Kier molecular flexibility index (Phi) is 4.99. The molecule has 0 aliphatic rings. The molecule has 0 atom stereocenters. The van der Waals surface area contributed by atoms with Crippen molar-refractivity contribution in [1.29, 1.82) is 0 Å². The lowest BCUT2D eigenvalue weighted by Gasteiger charge is -2.13. The second-order valence-electron chi connectivity index (χ2n) is 4.72. The molecule has 0 bridgehead atoms. The fourth-order valence-electron chi connectivity index (χ4n) is 2.30. The maximum atomic E-state index is 10.8. The summed E-state index contributed by atoms with van der Waals surface area (Å²) in [4.78, 5) is 10.8. The lowest BCUT2D eigenvalue weighted by atomic mass is 9.98. The quantitative estimate of drug-likeness (QED) is 0.743. The van der Waals surface area contributed by atoms with Gasteiger partial charge in [0.15, 0.2) is 11.5 Å². The van der Waals surface area contributed by atoms with Gasteiger partial charge in [-0.25, -0.2) is 0 Å². The molecule has 0 aliphatic heterocycles. The first-order chi connectivity index (χ1) is 10.2. The van der Waals surface area contributed by atoms with E-state index in [0.717, 1.165) is 34.5 Å². The standard InChI is InChI=1S/C18H20O3/c1-4-20-17-9-7-15(11-18(17)21-5-2)16-8-6-14(12-19)10-13(16)3/h6-12H,4-5H2,1-3H3. The van der Waals surface area contributed by atoms with Gasteiger partial charge in [0.25, 0.3) is 0 Å². The van der Waals surface area contributed by atoms with Crippen molar-refractivity contribution in [1.82, 2.24) is 0 Å².